The predicted octanol–water partition coefficient (Wildman–Crippen LogP) is 0.820. The average Bonchev–Trinajstić information content (AvgIpc) is 2.68. The molecule has 136 valence electrons. The number of hydrogen-bond acceptors (Lipinski definition) is 5. The molecule has 0 spiro atoms. The molecule has 4 rings (SSSR count). The van der Waals surface area contributed by atoms with Gasteiger partial charge >= 0.3 is 0 Å². The summed E-state index contributed by atoms with van der Waals surface area (Å²) >= 11 is 0. The minimum atomic E-state index is -0.0275. The van der Waals surface area contributed by atoms with E-state index < -0.39 is 0 Å². The number of rotatable bonds is 3. The number of hydrogen-bond donors (Lipinski definition) is 2. The number of aromatic hydroxyl groups is 1. The number of anilines is 1. The van der Waals surface area contributed by atoms with E-state index >= 15 is 0 Å². The van der Waals surface area contributed by atoms with Crippen molar-refractivity contribution >= 4 is 11.7 Å². The minimum absolute atomic E-state index is 0.0275. The third-order valence-electron chi connectivity index (χ3n) is 5.66. The van der Waals surface area contributed by atoms with Crippen LogP contribution < -0.4 is 9.80 Å². The first-order chi connectivity index (χ1) is 12.7. The van der Waals surface area contributed by atoms with E-state index in [9.17, 15) is 9.90 Å². The number of piperazine rings is 1. The quantitative estimate of drug-likeness (QED) is 0.855. The van der Waals surface area contributed by atoms with Crippen molar-refractivity contribution in [3.8, 4) is 5.75 Å². The van der Waals surface area contributed by atoms with Gasteiger partial charge in [-0.1, -0.05) is 18.2 Å². The molecule has 0 amide bonds. The second kappa shape index (κ2) is 7.03. The Bertz CT molecular complexity index is 815. The first kappa shape index (κ1) is 17.0. The first-order valence-corrected chi connectivity index (χ1v) is 9.41. The Hall–Kier alpha value is -2.47. The number of nitrogens with zero attached hydrogens (tertiary/aromatic N) is 3. The van der Waals surface area contributed by atoms with Gasteiger partial charge in [0.15, 0.2) is 5.78 Å². The summed E-state index contributed by atoms with van der Waals surface area (Å²) in [5, 5.41) is 10.1. The Morgan fingerprint density at radius 1 is 1.23 bits per heavy atom. The van der Waals surface area contributed by atoms with E-state index in [1.807, 2.05) is 12.1 Å². The van der Waals surface area contributed by atoms with Crippen molar-refractivity contribution in [2.75, 3.05) is 37.6 Å². The van der Waals surface area contributed by atoms with E-state index in [-0.39, 0.29) is 17.5 Å². The van der Waals surface area contributed by atoms with Crippen molar-refractivity contribution in [3.05, 3.63) is 47.3 Å². The number of benzene rings is 1. The van der Waals surface area contributed by atoms with Gasteiger partial charge in [0.05, 0.1) is 44.0 Å². The molecule has 1 aromatic carbocycles. The van der Waals surface area contributed by atoms with Gasteiger partial charge in [-0.25, -0.2) is 9.97 Å². The second-order valence-corrected chi connectivity index (χ2v) is 7.21. The Morgan fingerprint density at radius 2 is 2.00 bits per heavy atom. The van der Waals surface area contributed by atoms with E-state index in [4.69, 9.17) is 4.98 Å². The Kier molecular flexibility index (Phi) is 4.59. The molecule has 26 heavy (non-hydrogen) atoms. The molecule has 0 saturated carbocycles. The molecule has 2 N–H and O–H groups in total. The Morgan fingerprint density at radius 3 is 2.73 bits per heavy atom. The number of fused-ring (bicyclic) bond motifs is 1. The summed E-state index contributed by atoms with van der Waals surface area (Å²) in [5.41, 5.74) is 2.27. The number of para-hydroxylation sites is 1. The van der Waals surface area contributed by atoms with Crippen LogP contribution in [0.1, 0.15) is 40.9 Å². The molecule has 0 radical (unpaired) electrons. The molecule has 1 atom stereocenters. The number of Topliss-reactive ketones (excluding diaryl/α,β-unsaturated/α-hetero) is 1. The SMILES string of the molecule is CC[NH+]1CCN(c2ncc3c(n2)C[C@@H](c2ccccc2O)CC3=O)CC1. The van der Waals surface area contributed by atoms with Gasteiger partial charge in [-0.3, -0.25) is 4.79 Å². The monoisotopic (exact) mass is 353 g/mol. The predicted molar refractivity (Wildman–Crippen MR) is 99.0 cm³/mol. The molecule has 1 aliphatic carbocycles. The van der Waals surface area contributed by atoms with Gasteiger partial charge < -0.3 is 14.9 Å². The van der Waals surface area contributed by atoms with Crippen LogP contribution in [0.5, 0.6) is 5.75 Å². The fourth-order valence-corrected chi connectivity index (χ4v) is 4.02. The Balaban J connectivity index is 1.58. The van der Waals surface area contributed by atoms with Gasteiger partial charge in [0.2, 0.25) is 5.95 Å². The zero-order valence-electron chi connectivity index (χ0n) is 15.1. The maximum atomic E-state index is 12.6. The summed E-state index contributed by atoms with van der Waals surface area (Å²) in [4.78, 5) is 25.6. The van der Waals surface area contributed by atoms with Gasteiger partial charge in [0.25, 0.3) is 0 Å². The smallest absolute Gasteiger partial charge is 0.225 e. The van der Waals surface area contributed by atoms with Gasteiger partial charge in [-0.05, 0) is 25.0 Å². The second-order valence-electron chi connectivity index (χ2n) is 7.21. The highest BCUT2D eigenvalue weighted by Crippen LogP contribution is 2.36. The number of carbonyl (C=O) groups is 1. The van der Waals surface area contributed by atoms with Gasteiger partial charge in [-0.2, -0.15) is 0 Å². The van der Waals surface area contributed by atoms with Crippen LogP contribution in [-0.2, 0) is 6.42 Å². The molecule has 6 nitrogen and oxygen atoms in total. The van der Waals surface area contributed by atoms with Crippen LogP contribution >= 0.6 is 0 Å². The standard InChI is InChI=1S/C20H24N4O2/c1-2-23-7-9-24(10-8-23)20-21-13-16-17(22-20)11-14(12-19(16)26)15-5-3-4-6-18(15)25/h3-6,13-14,25H,2,7-12H2,1H3/p+1/t14-/m1/s1. The third kappa shape index (κ3) is 3.17. The molecule has 1 saturated heterocycles. The summed E-state index contributed by atoms with van der Waals surface area (Å²) in [6.07, 6.45) is 2.75. The molecular formula is C20H25N4O2+. The molecule has 1 aliphatic heterocycles. The molecule has 2 aliphatic rings. The topological polar surface area (TPSA) is 70.8 Å². The van der Waals surface area contributed by atoms with E-state index in [1.165, 1.54) is 0 Å². The minimum Gasteiger partial charge on any atom is -0.508 e. The number of ketones is 1. The maximum absolute atomic E-state index is 12.6. The lowest BCUT2D eigenvalue weighted by Crippen LogP contribution is -3.14. The number of carbonyl (C=O) groups excluding carboxylic acids is 1. The molecule has 1 fully saturated rings. The van der Waals surface area contributed by atoms with E-state index in [2.05, 4.69) is 16.8 Å². The third-order valence-corrected chi connectivity index (χ3v) is 5.66. The Labute approximate surface area is 153 Å². The number of quaternary nitrogens is 1. The summed E-state index contributed by atoms with van der Waals surface area (Å²) in [6.45, 7) is 7.44. The van der Waals surface area contributed by atoms with Crippen LogP contribution in [0.15, 0.2) is 30.5 Å². The fourth-order valence-electron chi connectivity index (χ4n) is 4.02. The summed E-state index contributed by atoms with van der Waals surface area (Å²) < 4.78 is 0. The maximum Gasteiger partial charge on any atom is 0.225 e. The van der Waals surface area contributed by atoms with Crippen LogP contribution in [0.4, 0.5) is 5.95 Å². The molecule has 0 unspecified atom stereocenters. The summed E-state index contributed by atoms with van der Waals surface area (Å²) in [7, 11) is 0. The highest BCUT2D eigenvalue weighted by molar-refractivity contribution is 5.98. The van der Waals surface area contributed by atoms with Crippen molar-refractivity contribution in [1.29, 1.82) is 0 Å². The largest absolute Gasteiger partial charge is 0.508 e. The lowest BCUT2D eigenvalue weighted by atomic mass is 9.82. The van der Waals surface area contributed by atoms with Crippen molar-refractivity contribution in [3.63, 3.8) is 0 Å². The van der Waals surface area contributed by atoms with Crippen LogP contribution in [0.25, 0.3) is 0 Å². The van der Waals surface area contributed by atoms with Gasteiger partial charge in [-0.15, -0.1) is 0 Å². The molecule has 6 heteroatoms. The molecule has 2 heterocycles. The number of likely N-dealkylation sites (N-methyl/N-ethyl adjacent to an activating group) is 1. The van der Waals surface area contributed by atoms with E-state index in [0.29, 0.717) is 18.4 Å². The number of phenols is 1. The highest BCUT2D eigenvalue weighted by Gasteiger charge is 2.30. The van der Waals surface area contributed by atoms with Crippen LogP contribution in [0.2, 0.25) is 0 Å². The normalized spacial score (nSPS) is 20.9. The average molecular weight is 353 g/mol. The molecular weight excluding hydrogens is 328 g/mol. The lowest BCUT2D eigenvalue weighted by molar-refractivity contribution is -0.898. The zero-order chi connectivity index (χ0) is 18.1. The van der Waals surface area contributed by atoms with E-state index in [1.54, 1.807) is 23.2 Å². The van der Waals surface area contributed by atoms with Crippen molar-refractivity contribution in [2.24, 2.45) is 0 Å². The molecule has 2 aromatic rings. The van der Waals surface area contributed by atoms with Gasteiger partial charge in [0.1, 0.15) is 5.75 Å². The van der Waals surface area contributed by atoms with Crippen molar-refractivity contribution < 1.29 is 14.8 Å². The molecule has 0 bridgehead atoms. The van der Waals surface area contributed by atoms with Crippen LogP contribution in [0, 0.1) is 0 Å². The zero-order valence-corrected chi connectivity index (χ0v) is 15.1. The lowest BCUT2D eigenvalue weighted by Gasteiger charge is -2.32. The van der Waals surface area contributed by atoms with Crippen molar-refractivity contribution in [2.45, 2.75) is 25.7 Å². The number of aromatic nitrogens is 2. The first-order valence-electron chi connectivity index (χ1n) is 9.41. The van der Waals surface area contributed by atoms with E-state index in [0.717, 1.165) is 49.9 Å². The number of nitrogens with one attached hydrogen (secondary N) is 1. The summed E-state index contributed by atoms with van der Waals surface area (Å²) in [6, 6.07) is 7.27. The number of phenolic OH excluding ortho intramolecular Hbond substituents is 1. The molecule has 1 aromatic heterocycles. The van der Waals surface area contributed by atoms with Crippen molar-refractivity contribution in [1.82, 2.24) is 9.97 Å². The summed E-state index contributed by atoms with van der Waals surface area (Å²) in [5.74, 6) is 1.01. The van der Waals surface area contributed by atoms with Crippen LogP contribution in [-0.4, -0.2) is 53.6 Å². The highest BCUT2D eigenvalue weighted by atomic mass is 16.3. The van der Waals surface area contributed by atoms with Crippen LogP contribution in [0.3, 0.4) is 0 Å². The van der Waals surface area contributed by atoms with Gasteiger partial charge in [0, 0.05) is 18.5 Å². The fraction of sp³-hybridized carbons (Fsp3) is 0.450.